The number of rotatable bonds is 7. The Kier molecular flexibility index (Phi) is 5.63. The second-order valence-electron chi connectivity index (χ2n) is 3.61. The molecule has 8 heteroatoms. The van der Waals surface area contributed by atoms with Crippen molar-refractivity contribution >= 4 is 23.6 Å². The van der Waals surface area contributed by atoms with Crippen LogP contribution in [0.15, 0.2) is 0 Å². The molecule has 0 fully saturated rings. The highest BCUT2D eigenvalue weighted by atomic mass is 32.2. The van der Waals surface area contributed by atoms with Crippen molar-refractivity contribution in [1.82, 2.24) is 20.5 Å². The lowest BCUT2D eigenvalue weighted by Crippen LogP contribution is -2.41. The third kappa shape index (κ3) is 4.02. The first-order chi connectivity index (χ1) is 8.58. The summed E-state index contributed by atoms with van der Waals surface area (Å²) in [4.78, 5) is 26.6. The largest absolute Gasteiger partial charge is 0.480 e. The highest BCUT2D eigenvalue weighted by Gasteiger charge is 2.22. The Labute approximate surface area is 109 Å². The molecule has 0 bridgehead atoms. The van der Waals surface area contributed by atoms with Gasteiger partial charge in [-0.15, -0.1) is 5.10 Å². The quantitative estimate of drug-likeness (QED) is 0.659. The van der Waals surface area contributed by atoms with Crippen molar-refractivity contribution in [3.63, 3.8) is 0 Å². The zero-order valence-electron chi connectivity index (χ0n) is 10.3. The van der Waals surface area contributed by atoms with E-state index in [2.05, 4.69) is 20.5 Å². The van der Waals surface area contributed by atoms with E-state index in [0.29, 0.717) is 24.4 Å². The summed E-state index contributed by atoms with van der Waals surface area (Å²) in [6.45, 7) is 1.88. The molecule has 0 aliphatic heterocycles. The van der Waals surface area contributed by atoms with Crippen LogP contribution in [-0.2, 0) is 11.2 Å². The van der Waals surface area contributed by atoms with Gasteiger partial charge in [0.05, 0.1) is 0 Å². The Morgan fingerprint density at radius 2 is 2.28 bits per heavy atom. The normalized spacial score (nSPS) is 12.1. The highest BCUT2D eigenvalue weighted by Crippen LogP contribution is 2.02. The maximum atomic E-state index is 11.7. The number of nitrogens with one attached hydrogen (secondary N) is 2. The molecule has 1 aromatic rings. The maximum Gasteiger partial charge on any atom is 0.326 e. The first-order valence-corrected chi connectivity index (χ1v) is 6.91. The number of carboxylic acids is 1. The molecule has 0 aliphatic rings. The number of carbonyl (C=O) groups is 2. The van der Waals surface area contributed by atoms with Gasteiger partial charge in [0.2, 0.25) is 5.82 Å². The minimum atomic E-state index is -1.05. The lowest BCUT2D eigenvalue weighted by molar-refractivity contribution is -0.139. The van der Waals surface area contributed by atoms with Crippen LogP contribution in [-0.4, -0.2) is 50.2 Å². The summed E-state index contributed by atoms with van der Waals surface area (Å²) in [7, 11) is 0. The number of thioether (sulfide) groups is 1. The second-order valence-corrected chi connectivity index (χ2v) is 4.59. The predicted molar refractivity (Wildman–Crippen MR) is 67.6 cm³/mol. The lowest BCUT2D eigenvalue weighted by Gasteiger charge is -2.12. The molecule has 7 nitrogen and oxygen atoms in total. The summed E-state index contributed by atoms with van der Waals surface area (Å²) in [5.41, 5.74) is 0. The second kappa shape index (κ2) is 7.00. The van der Waals surface area contributed by atoms with Crippen molar-refractivity contribution in [3.8, 4) is 0 Å². The molecule has 3 N–H and O–H groups in total. The van der Waals surface area contributed by atoms with Gasteiger partial charge in [-0.2, -0.15) is 11.8 Å². The molecule has 1 rings (SSSR count). The van der Waals surface area contributed by atoms with Gasteiger partial charge in [-0.1, -0.05) is 6.92 Å². The average molecular weight is 272 g/mol. The van der Waals surface area contributed by atoms with Gasteiger partial charge < -0.3 is 10.4 Å². The fourth-order valence-corrected chi connectivity index (χ4v) is 1.74. The van der Waals surface area contributed by atoms with Gasteiger partial charge in [0, 0.05) is 6.42 Å². The molecule has 18 heavy (non-hydrogen) atoms. The van der Waals surface area contributed by atoms with Crippen molar-refractivity contribution in [2.75, 3.05) is 12.0 Å². The Morgan fingerprint density at radius 3 is 2.78 bits per heavy atom. The van der Waals surface area contributed by atoms with Gasteiger partial charge in [-0.25, -0.2) is 9.78 Å². The van der Waals surface area contributed by atoms with Crippen LogP contribution < -0.4 is 5.32 Å². The van der Waals surface area contributed by atoms with E-state index in [1.165, 1.54) is 11.8 Å². The first-order valence-electron chi connectivity index (χ1n) is 5.52. The topological polar surface area (TPSA) is 108 Å². The first kappa shape index (κ1) is 14.5. The minimum absolute atomic E-state index is 0.0257. The van der Waals surface area contributed by atoms with Crippen LogP contribution in [0.4, 0.5) is 0 Å². The van der Waals surface area contributed by atoms with Gasteiger partial charge in [-0.3, -0.25) is 9.89 Å². The van der Waals surface area contributed by atoms with Crippen molar-refractivity contribution < 1.29 is 14.7 Å². The molecule has 0 aliphatic carbocycles. The summed E-state index contributed by atoms with van der Waals surface area (Å²) in [5.74, 6) is -0.396. The number of H-pyrrole nitrogens is 1. The van der Waals surface area contributed by atoms with E-state index in [1.54, 1.807) is 0 Å². The van der Waals surface area contributed by atoms with Gasteiger partial charge in [0.15, 0.2) is 0 Å². The van der Waals surface area contributed by atoms with E-state index in [-0.39, 0.29) is 5.82 Å². The van der Waals surface area contributed by atoms with Crippen molar-refractivity contribution in [1.29, 1.82) is 0 Å². The summed E-state index contributed by atoms with van der Waals surface area (Å²) >= 11 is 1.53. The van der Waals surface area contributed by atoms with Gasteiger partial charge >= 0.3 is 5.97 Å². The number of carboxylic acid groups (broad SMARTS) is 1. The molecular weight excluding hydrogens is 256 g/mol. The molecule has 0 aromatic carbocycles. The Hall–Kier alpha value is -1.57. The maximum absolute atomic E-state index is 11.7. The zero-order valence-corrected chi connectivity index (χ0v) is 11.1. The van der Waals surface area contributed by atoms with E-state index >= 15 is 0 Å². The molecule has 0 saturated heterocycles. The SMILES string of the molecule is CCc1nc(C(=O)NC(CCSC)C(=O)O)n[nH]1. The Balaban J connectivity index is 2.62. The molecule has 0 saturated carbocycles. The molecule has 100 valence electrons. The van der Waals surface area contributed by atoms with Crippen molar-refractivity contribution in [2.45, 2.75) is 25.8 Å². The molecule has 1 heterocycles. The van der Waals surface area contributed by atoms with Crippen LogP contribution in [0.3, 0.4) is 0 Å². The van der Waals surface area contributed by atoms with Gasteiger partial charge in [-0.05, 0) is 18.4 Å². The van der Waals surface area contributed by atoms with Crippen molar-refractivity contribution in [3.05, 3.63) is 11.6 Å². The standard InChI is InChI=1S/C10H16N4O3S/c1-3-7-12-8(14-13-7)9(15)11-6(10(16)17)4-5-18-2/h6H,3-5H2,1-2H3,(H,11,15)(H,16,17)(H,12,13,14). The number of nitrogens with zero attached hydrogens (tertiary/aromatic N) is 2. The fourth-order valence-electron chi connectivity index (χ4n) is 1.27. The zero-order chi connectivity index (χ0) is 13.5. The number of aromatic amines is 1. The Morgan fingerprint density at radius 1 is 1.56 bits per heavy atom. The number of hydrogen-bond donors (Lipinski definition) is 3. The van der Waals surface area contributed by atoms with Crippen LogP contribution >= 0.6 is 11.8 Å². The highest BCUT2D eigenvalue weighted by molar-refractivity contribution is 7.98. The molecule has 1 atom stereocenters. The molecule has 1 unspecified atom stereocenters. The van der Waals surface area contributed by atoms with Crippen LogP contribution in [0.2, 0.25) is 0 Å². The van der Waals surface area contributed by atoms with Gasteiger partial charge in [0.1, 0.15) is 11.9 Å². The summed E-state index contributed by atoms with van der Waals surface area (Å²) in [6.07, 6.45) is 2.88. The number of hydrogen-bond acceptors (Lipinski definition) is 5. The minimum Gasteiger partial charge on any atom is -0.480 e. The van der Waals surface area contributed by atoms with Crippen LogP contribution in [0.25, 0.3) is 0 Å². The molecule has 1 amide bonds. The molecule has 0 spiro atoms. The Bertz CT molecular complexity index is 421. The molecular formula is C10H16N4O3S. The summed E-state index contributed by atoms with van der Waals surface area (Å²) < 4.78 is 0. The van der Waals surface area contributed by atoms with E-state index < -0.39 is 17.9 Å². The van der Waals surface area contributed by atoms with Crippen LogP contribution in [0, 0.1) is 0 Å². The fraction of sp³-hybridized carbons (Fsp3) is 0.600. The lowest BCUT2D eigenvalue weighted by atomic mass is 10.2. The monoisotopic (exact) mass is 272 g/mol. The van der Waals surface area contributed by atoms with E-state index in [0.717, 1.165) is 0 Å². The summed E-state index contributed by atoms with van der Waals surface area (Å²) in [5, 5.41) is 17.7. The number of carbonyl (C=O) groups excluding carboxylic acids is 1. The third-order valence-electron chi connectivity index (χ3n) is 2.28. The number of amides is 1. The van der Waals surface area contributed by atoms with Crippen LogP contribution in [0.5, 0.6) is 0 Å². The third-order valence-corrected chi connectivity index (χ3v) is 2.93. The molecule has 1 aromatic heterocycles. The number of aryl methyl sites for hydroxylation is 1. The molecule has 0 radical (unpaired) electrons. The smallest absolute Gasteiger partial charge is 0.326 e. The predicted octanol–water partition coefficient (Wildman–Crippen LogP) is 0.303. The van der Waals surface area contributed by atoms with Crippen LogP contribution in [0.1, 0.15) is 29.8 Å². The van der Waals surface area contributed by atoms with E-state index in [4.69, 9.17) is 5.11 Å². The average Bonchev–Trinajstić information content (AvgIpc) is 2.82. The van der Waals surface area contributed by atoms with Crippen molar-refractivity contribution in [2.24, 2.45) is 0 Å². The summed E-state index contributed by atoms with van der Waals surface area (Å²) in [6, 6.07) is -0.909. The van der Waals surface area contributed by atoms with Gasteiger partial charge in [0.25, 0.3) is 5.91 Å². The van der Waals surface area contributed by atoms with E-state index in [1.807, 2.05) is 13.2 Å². The van der Waals surface area contributed by atoms with E-state index in [9.17, 15) is 9.59 Å². The number of aromatic nitrogens is 3. The number of aliphatic carboxylic acids is 1.